The Labute approximate surface area is 107 Å². The van der Waals surface area contributed by atoms with Gasteiger partial charge in [0.25, 0.3) is 0 Å². The first-order valence-corrected chi connectivity index (χ1v) is 6.58. The Kier molecular flexibility index (Phi) is 3.78. The summed E-state index contributed by atoms with van der Waals surface area (Å²) in [6.07, 6.45) is 1.32. The molecule has 1 N–H and O–H groups in total. The van der Waals surface area contributed by atoms with Gasteiger partial charge in [0.2, 0.25) is 0 Å². The van der Waals surface area contributed by atoms with Crippen molar-refractivity contribution in [2.75, 3.05) is 32.9 Å². The zero-order chi connectivity index (χ0) is 12.2. The topological polar surface area (TPSA) is 39.7 Å². The van der Waals surface area contributed by atoms with Gasteiger partial charge >= 0.3 is 0 Å². The van der Waals surface area contributed by atoms with Crippen LogP contribution in [0.25, 0.3) is 0 Å². The highest BCUT2D eigenvalue weighted by Crippen LogP contribution is 2.24. The molecule has 2 aliphatic heterocycles. The van der Waals surface area contributed by atoms with Crippen LogP contribution < -0.4 is 10.1 Å². The van der Waals surface area contributed by atoms with Crippen LogP contribution in [0.1, 0.15) is 18.1 Å². The molecule has 2 fully saturated rings. The monoisotopic (exact) mass is 249 g/mol. The summed E-state index contributed by atoms with van der Waals surface area (Å²) in [5.41, 5.74) is 1.18. The minimum absolute atomic E-state index is 0.141. The predicted molar refractivity (Wildman–Crippen MR) is 67.9 cm³/mol. The van der Waals surface area contributed by atoms with Gasteiger partial charge in [0, 0.05) is 19.5 Å². The Balaban J connectivity index is 1.67. The Morgan fingerprint density at radius 3 is 3.06 bits per heavy atom. The number of nitrogens with one attached hydrogen (secondary N) is 1. The zero-order valence-corrected chi connectivity index (χ0v) is 10.4. The van der Waals surface area contributed by atoms with Crippen LogP contribution in [0.2, 0.25) is 0 Å². The van der Waals surface area contributed by atoms with Gasteiger partial charge in [0.1, 0.15) is 11.9 Å². The van der Waals surface area contributed by atoms with Crippen LogP contribution in [0, 0.1) is 0 Å². The lowest BCUT2D eigenvalue weighted by Crippen LogP contribution is -2.33. The summed E-state index contributed by atoms with van der Waals surface area (Å²) in [6, 6.07) is 8.20. The van der Waals surface area contributed by atoms with Crippen LogP contribution in [0.4, 0.5) is 0 Å². The SMILES string of the molecule is c1cc(OC2CCOC2)cc(C2CNCCO2)c1. The Hall–Kier alpha value is -1.10. The second-order valence-electron chi connectivity index (χ2n) is 4.74. The summed E-state index contributed by atoms with van der Waals surface area (Å²) in [5, 5.41) is 3.34. The van der Waals surface area contributed by atoms with Gasteiger partial charge in [0.05, 0.1) is 25.9 Å². The van der Waals surface area contributed by atoms with Crippen molar-refractivity contribution in [2.45, 2.75) is 18.6 Å². The second-order valence-corrected chi connectivity index (χ2v) is 4.74. The molecule has 2 saturated heterocycles. The van der Waals surface area contributed by atoms with Gasteiger partial charge in [-0.3, -0.25) is 0 Å². The summed E-state index contributed by atoms with van der Waals surface area (Å²) in [5.74, 6) is 0.914. The average molecular weight is 249 g/mol. The third-order valence-corrected chi connectivity index (χ3v) is 3.35. The van der Waals surface area contributed by atoms with E-state index in [4.69, 9.17) is 14.2 Å². The van der Waals surface area contributed by atoms with Crippen molar-refractivity contribution >= 4 is 0 Å². The summed E-state index contributed by atoms with van der Waals surface area (Å²) >= 11 is 0. The molecule has 0 aliphatic carbocycles. The first-order chi connectivity index (χ1) is 8.92. The normalized spacial score (nSPS) is 28.2. The zero-order valence-electron chi connectivity index (χ0n) is 10.4. The minimum Gasteiger partial charge on any atom is -0.488 e. The fourth-order valence-electron chi connectivity index (χ4n) is 2.37. The number of benzene rings is 1. The van der Waals surface area contributed by atoms with Gasteiger partial charge in [-0.05, 0) is 17.7 Å². The van der Waals surface area contributed by atoms with Crippen LogP contribution in [0.15, 0.2) is 24.3 Å². The lowest BCUT2D eigenvalue weighted by molar-refractivity contribution is 0.0274. The van der Waals surface area contributed by atoms with Crippen molar-refractivity contribution < 1.29 is 14.2 Å². The van der Waals surface area contributed by atoms with Gasteiger partial charge < -0.3 is 19.5 Å². The van der Waals surface area contributed by atoms with Gasteiger partial charge in [-0.1, -0.05) is 12.1 Å². The molecule has 0 bridgehead atoms. The smallest absolute Gasteiger partial charge is 0.124 e. The molecule has 98 valence electrons. The predicted octanol–water partition coefficient (Wildman–Crippen LogP) is 1.52. The van der Waals surface area contributed by atoms with Crippen LogP contribution in [-0.4, -0.2) is 39.0 Å². The molecule has 0 amide bonds. The molecule has 3 rings (SSSR count). The Morgan fingerprint density at radius 1 is 1.28 bits per heavy atom. The van der Waals surface area contributed by atoms with Crippen LogP contribution in [-0.2, 0) is 9.47 Å². The number of hydrogen-bond acceptors (Lipinski definition) is 4. The molecule has 2 aliphatic rings. The van der Waals surface area contributed by atoms with E-state index in [2.05, 4.69) is 17.4 Å². The largest absolute Gasteiger partial charge is 0.488 e. The van der Waals surface area contributed by atoms with Crippen LogP contribution in [0.5, 0.6) is 5.75 Å². The summed E-state index contributed by atoms with van der Waals surface area (Å²) in [4.78, 5) is 0. The highest BCUT2D eigenvalue weighted by atomic mass is 16.5. The second kappa shape index (κ2) is 5.69. The summed E-state index contributed by atoms with van der Waals surface area (Å²) in [6.45, 7) is 4.08. The molecule has 2 atom stereocenters. The maximum absolute atomic E-state index is 5.91. The lowest BCUT2D eigenvalue weighted by Gasteiger charge is -2.24. The molecule has 0 saturated carbocycles. The van der Waals surface area contributed by atoms with E-state index in [0.717, 1.165) is 38.5 Å². The molecule has 2 heterocycles. The number of ether oxygens (including phenoxy) is 3. The van der Waals surface area contributed by atoms with Crippen molar-refractivity contribution in [3.63, 3.8) is 0 Å². The molecule has 18 heavy (non-hydrogen) atoms. The summed E-state index contributed by atoms with van der Waals surface area (Å²) < 4.78 is 17.0. The van der Waals surface area contributed by atoms with E-state index in [0.29, 0.717) is 6.61 Å². The van der Waals surface area contributed by atoms with Crippen molar-refractivity contribution in [3.8, 4) is 5.75 Å². The quantitative estimate of drug-likeness (QED) is 0.881. The van der Waals surface area contributed by atoms with Crippen LogP contribution in [0.3, 0.4) is 0 Å². The first-order valence-electron chi connectivity index (χ1n) is 6.58. The van der Waals surface area contributed by atoms with E-state index in [1.54, 1.807) is 0 Å². The number of rotatable bonds is 3. The molecule has 0 aromatic heterocycles. The first kappa shape index (κ1) is 12.0. The van der Waals surface area contributed by atoms with Crippen molar-refractivity contribution in [1.82, 2.24) is 5.32 Å². The van der Waals surface area contributed by atoms with Crippen molar-refractivity contribution in [1.29, 1.82) is 0 Å². The summed E-state index contributed by atoms with van der Waals surface area (Å²) in [7, 11) is 0. The third-order valence-electron chi connectivity index (χ3n) is 3.35. The van der Waals surface area contributed by atoms with Gasteiger partial charge in [0.15, 0.2) is 0 Å². The third kappa shape index (κ3) is 2.83. The van der Waals surface area contributed by atoms with E-state index >= 15 is 0 Å². The molecular weight excluding hydrogens is 230 g/mol. The van der Waals surface area contributed by atoms with E-state index in [-0.39, 0.29) is 12.2 Å². The molecule has 2 unspecified atom stereocenters. The van der Waals surface area contributed by atoms with Crippen LogP contribution >= 0.6 is 0 Å². The van der Waals surface area contributed by atoms with Crippen molar-refractivity contribution in [3.05, 3.63) is 29.8 Å². The molecule has 0 spiro atoms. The molecule has 0 radical (unpaired) electrons. The number of morpholine rings is 1. The maximum Gasteiger partial charge on any atom is 0.124 e. The molecule has 4 nitrogen and oxygen atoms in total. The fourth-order valence-corrected chi connectivity index (χ4v) is 2.37. The van der Waals surface area contributed by atoms with E-state index in [1.807, 2.05) is 12.1 Å². The average Bonchev–Trinajstić information content (AvgIpc) is 2.93. The maximum atomic E-state index is 5.91. The highest BCUT2D eigenvalue weighted by molar-refractivity contribution is 5.30. The lowest BCUT2D eigenvalue weighted by atomic mass is 10.1. The fraction of sp³-hybridized carbons (Fsp3) is 0.571. The van der Waals surface area contributed by atoms with E-state index < -0.39 is 0 Å². The van der Waals surface area contributed by atoms with E-state index in [9.17, 15) is 0 Å². The number of hydrogen-bond donors (Lipinski definition) is 1. The standard InChI is InChI=1S/C14H19NO3/c1-2-11(14-9-15-5-7-17-14)8-12(3-1)18-13-4-6-16-10-13/h1-3,8,13-15H,4-7,9-10H2. The van der Waals surface area contributed by atoms with Gasteiger partial charge in [-0.15, -0.1) is 0 Å². The molecule has 1 aromatic carbocycles. The highest BCUT2D eigenvalue weighted by Gasteiger charge is 2.19. The Bertz CT molecular complexity index is 384. The molecular formula is C14H19NO3. The molecule has 1 aromatic rings. The van der Waals surface area contributed by atoms with Gasteiger partial charge in [-0.25, -0.2) is 0 Å². The van der Waals surface area contributed by atoms with Gasteiger partial charge in [-0.2, -0.15) is 0 Å². The minimum atomic E-state index is 0.141. The van der Waals surface area contributed by atoms with E-state index in [1.165, 1.54) is 5.56 Å². The Morgan fingerprint density at radius 2 is 2.28 bits per heavy atom. The molecule has 4 heteroatoms. The van der Waals surface area contributed by atoms with Crippen molar-refractivity contribution in [2.24, 2.45) is 0 Å².